The Labute approximate surface area is 114 Å². The van der Waals surface area contributed by atoms with E-state index >= 15 is 0 Å². The number of ether oxygens (including phenoxy) is 1. The van der Waals surface area contributed by atoms with E-state index in [1.165, 1.54) is 38.9 Å². The van der Waals surface area contributed by atoms with Crippen molar-refractivity contribution >= 4 is 0 Å². The number of likely N-dealkylation sites (tertiary alicyclic amines) is 1. The van der Waals surface area contributed by atoms with E-state index in [1.807, 2.05) is 0 Å². The van der Waals surface area contributed by atoms with Crippen molar-refractivity contribution in [2.75, 3.05) is 32.8 Å². The highest BCUT2D eigenvalue weighted by molar-refractivity contribution is 5.02. The van der Waals surface area contributed by atoms with Crippen molar-refractivity contribution in [2.45, 2.75) is 59.8 Å². The molecule has 2 rings (SSSR count). The van der Waals surface area contributed by atoms with Crippen LogP contribution in [0.1, 0.15) is 59.8 Å². The van der Waals surface area contributed by atoms with E-state index in [1.54, 1.807) is 0 Å². The van der Waals surface area contributed by atoms with Crippen molar-refractivity contribution in [2.24, 2.45) is 11.3 Å². The van der Waals surface area contributed by atoms with E-state index in [4.69, 9.17) is 4.74 Å². The zero-order chi connectivity index (χ0) is 13.4. The van der Waals surface area contributed by atoms with Gasteiger partial charge in [-0.05, 0) is 50.0 Å². The summed E-state index contributed by atoms with van der Waals surface area (Å²) in [5.41, 5.74) is 0.814. The molecular formula is C16H33NO. The third kappa shape index (κ3) is 4.89. The predicted molar refractivity (Wildman–Crippen MR) is 79.0 cm³/mol. The number of rotatable bonds is 6. The van der Waals surface area contributed by atoms with Gasteiger partial charge < -0.3 is 9.64 Å². The minimum Gasteiger partial charge on any atom is -0.381 e. The number of nitrogens with zero attached hydrogens (tertiary/aromatic N) is 1. The van der Waals surface area contributed by atoms with Crippen LogP contribution < -0.4 is 0 Å². The number of hydrogen-bond acceptors (Lipinski definition) is 2. The molecule has 0 N–H and O–H groups in total. The fourth-order valence-corrected chi connectivity index (χ4v) is 3.44. The van der Waals surface area contributed by atoms with Crippen molar-refractivity contribution in [3.63, 3.8) is 0 Å². The van der Waals surface area contributed by atoms with E-state index in [0.29, 0.717) is 0 Å². The summed E-state index contributed by atoms with van der Waals surface area (Å²) in [5.74, 6) is 1.03. The summed E-state index contributed by atoms with van der Waals surface area (Å²) in [6.07, 6.45) is 6.62. The Morgan fingerprint density at radius 1 is 1.00 bits per heavy atom. The quantitative estimate of drug-likeness (QED) is 0.666. The lowest BCUT2D eigenvalue weighted by Gasteiger charge is -2.59. The molecule has 1 heterocycles. The maximum atomic E-state index is 5.13. The van der Waals surface area contributed by atoms with Crippen LogP contribution in [0.5, 0.6) is 0 Å². The Bertz CT molecular complexity index is 199. The van der Waals surface area contributed by atoms with Crippen LogP contribution in [0.15, 0.2) is 0 Å². The van der Waals surface area contributed by atoms with Crippen LogP contribution in [-0.4, -0.2) is 37.7 Å². The molecule has 2 fully saturated rings. The van der Waals surface area contributed by atoms with Gasteiger partial charge >= 0.3 is 0 Å². The summed E-state index contributed by atoms with van der Waals surface area (Å²) in [4.78, 5) is 2.60. The van der Waals surface area contributed by atoms with Crippen LogP contribution in [0, 0.1) is 11.3 Å². The lowest BCUT2D eigenvalue weighted by molar-refractivity contribution is -0.0885. The lowest BCUT2D eigenvalue weighted by atomic mass is 9.58. The second-order valence-electron chi connectivity index (χ2n) is 6.34. The molecule has 1 aliphatic carbocycles. The Balaban J connectivity index is 0.000000203. The first-order valence-electron chi connectivity index (χ1n) is 7.96. The second kappa shape index (κ2) is 8.16. The average molecular weight is 255 g/mol. The van der Waals surface area contributed by atoms with Crippen LogP contribution in [0.25, 0.3) is 0 Å². The molecule has 2 nitrogen and oxygen atoms in total. The molecule has 0 radical (unpaired) electrons. The molecule has 2 heteroatoms. The summed E-state index contributed by atoms with van der Waals surface area (Å²) < 4.78 is 5.13. The fraction of sp³-hybridized carbons (Fsp3) is 1.00. The molecule has 0 aromatic carbocycles. The third-order valence-electron chi connectivity index (χ3n) is 3.92. The van der Waals surface area contributed by atoms with Crippen molar-refractivity contribution in [3.8, 4) is 0 Å². The van der Waals surface area contributed by atoms with Gasteiger partial charge in [-0.1, -0.05) is 27.7 Å². The normalized spacial score (nSPS) is 22.0. The topological polar surface area (TPSA) is 12.5 Å². The van der Waals surface area contributed by atoms with Gasteiger partial charge in [-0.15, -0.1) is 0 Å². The van der Waals surface area contributed by atoms with Gasteiger partial charge in [0, 0.05) is 26.3 Å². The molecule has 1 aliphatic heterocycles. The molecule has 108 valence electrons. The first-order valence-corrected chi connectivity index (χ1v) is 7.96. The SMILES string of the molecule is CCCN1CC2(CC(C)C2)C1.CCCOCCC. The van der Waals surface area contributed by atoms with Crippen LogP contribution in [-0.2, 0) is 4.74 Å². The fourth-order valence-electron chi connectivity index (χ4n) is 3.44. The molecule has 1 saturated heterocycles. The summed E-state index contributed by atoms with van der Waals surface area (Å²) in [5, 5.41) is 0. The molecule has 0 amide bonds. The Morgan fingerprint density at radius 2 is 1.56 bits per heavy atom. The highest BCUT2D eigenvalue weighted by Crippen LogP contribution is 2.51. The summed E-state index contributed by atoms with van der Waals surface area (Å²) in [6, 6.07) is 0. The summed E-state index contributed by atoms with van der Waals surface area (Å²) >= 11 is 0. The second-order valence-corrected chi connectivity index (χ2v) is 6.34. The number of hydrogen-bond donors (Lipinski definition) is 0. The van der Waals surface area contributed by atoms with Crippen LogP contribution in [0.3, 0.4) is 0 Å². The largest absolute Gasteiger partial charge is 0.381 e. The first kappa shape index (κ1) is 16.0. The van der Waals surface area contributed by atoms with E-state index in [2.05, 4.69) is 32.6 Å². The third-order valence-corrected chi connectivity index (χ3v) is 3.92. The highest BCUT2D eigenvalue weighted by Gasteiger charge is 2.49. The smallest absolute Gasteiger partial charge is 0.0463 e. The molecule has 0 unspecified atom stereocenters. The van der Waals surface area contributed by atoms with E-state index in [-0.39, 0.29) is 0 Å². The lowest BCUT2D eigenvalue weighted by Crippen LogP contribution is -2.61. The minimum atomic E-state index is 0.814. The Hall–Kier alpha value is -0.0800. The zero-order valence-electron chi connectivity index (χ0n) is 13.0. The van der Waals surface area contributed by atoms with Crippen LogP contribution >= 0.6 is 0 Å². The monoisotopic (exact) mass is 255 g/mol. The van der Waals surface area contributed by atoms with Gasteiger partial charge in [-0.2, -0.15) is 0 Å². The average Bonchev–Trinajstić information content (AvgIpc) is 2.26. The summed E-state index contributed by atoms with van der Waals surface area (Å²) in [6.45, 7) is 14.9. The maximum absolute atomic E-state index is 5.13. The van der Waals surface area contributed by atoms with Gasteiger partial charge in [0.2, 0.25) is 0 Å². The van der Waals surface area contributed by atoms with Gasteiger partial charge in [0.05, 0.1) is 0 Å². The highest BCUT2D eigenvalue weighted by atomic mass is 16.5. The van der Waals surface area contributed by atoms with Gasteiger partial charge in [-0.25, -0.2) is 0 Å². The van der Waals surface area contributed by atoms with E-state index < -0.39 is 0 Å². The standard InChI is InChI=1S/C10H19N.C6H14O/c1-3-4-11-7-10(8-11)5-9(2)6-10;1-3-5-7-6-4-2/h9H,3-8H2,1-2H3;3-6H2,1-2H3. The maximum Gasteiger partial charge on any atom is 0.0463 e. The molecule has 0 aromatic rings. The van der Waals surface area contributed by atoms with Crippen molar-refractivity contribution in [3.05, 3.63) is 0 Å². The molecule has 1 saturated carbocycles. The molecular weight excluding hydrogens is 222 g/mol. The molecule has 0 aromatic heterocycles. The van der Waals surface area contributed by atoms with Gasteiger partial charge in [-0.3, -0.25) is 0 Å². The molecule has 1 spiro atoms. The van der Waals surface area contributed by atoms with Gasteiger partial charge in [0.15, 0.2) is 0 Å². The van der Waals surface area contributed by atoms with Gasteiger partial charge in [0.25, 0.3) is 0 Å². The Kier molecular flexibility index (Phi) is 7.25. The molecule has 0 bridgehead atoms. The first-order chi connectivity index (χ1) is 8.65. The predicted octanol–water partition coefficient (Wildman–Crippen LogP) is 3.95. The van der Waals surface area contributed by atoms with Crippen molar-refractivity contribution in [1.82, 2.24) is 4.90 Å². The minimum absolute atomic E-state index is 0.814. The van der Waals surface area contributed by atoms with Crippen LogP contribution in [0.2, 0.25) is 0 Å². The Morgan fingerprint density at radius 3 is 1.94 bits per heavy atom. The van der Waals surface area contributed by atoms with Crippen LogP contribution in [0.4, 0.5) is 0 Å². The zero-order valence-corrected chi connectivity index (χ0v) is 13.0. The van der Waals surface area contributed by atoms with Gasteiger partial charge in [0.1, 0.15) is 0 Å². The van der Waals surface area contributed by atoms with Crippen molar-refractivity contribution in [1.29, 1.82) is 0 Å². The molecule has 18 heavy (non-hydrogen) atoms. The summed E-state index contributed by atoms with van der Waals surface area (Å²) in [7, 11) is 0. The van der Waals surface area contributed by atoms with E-state index in [9.17, 15) is 0 Å². The molecule has 0 atom stereocenters. The van der Waals surface area contributed by atoms with Crippen molar-refractivity contribution < 1.29 is 4.74 Å². The molecule has 2 aliphatic rings. The van der Waals surface area contributed by atoms with E-state index in [0.717, 1.165) is 37.4 Å².